The minimum atomic E-state index is -1.11. The molecule has 0 spiro atoms. The van der Waals surface area contributed by atoms with Gasteiger partial charge in [-0.2, -0.15) is 0 Å². The molecule has 7 nitrogen and oxygen atoms in total. The quantitative estimate of drug-likeness (QED) is 0.500. The molecule has 1 saturated heterocycles. The first kappa shape index (κ1) is 15.4. The molecule has 1 fully saturated rings. The molecule has 0 aromatic rings. The van der Waals surface area contributed by atoms with Crippen LogP contribution < -0.4 is 16.0 Å². The summed E-state index contributed by atoms with van der Waals surface area (Å²) in [5.41, 5.74) is 0. The minimum Gasteiger partial charge on any atom is -0.480 e. The Hall–Kier alpha value is -1.63. The fourth-order valence-electron chi connectivity index (χ4n) is 1.97. The second-order valence-electron chi connectivity index (χ2n) is 4.99. The summed E-state index contributed by atoms with van der Waals surface area (Å²) in [6, 6.07) is -0.970. The van der Waals surface area contributed by atoms with Crippen molar-refractivity contribution in [2.75, 3.05) is 13.1 Å². The van der Waals surface area contributed by atoms with Crippen LogP contribution in [0, 0.1) is 5.92 Å². The average molecular weight is 271 g/mol. The van der Waals surface area contributed by atoms with Gasteiger partial charge in [-0.25, -0.2) is 0 Å². The molecule has 2 amide bonds. The standard InChI is InChI=1S/C12H21N3O4/c1-7(2)10(12(19)14-6-9(16)17)15-11(18)8-4-3-5-13-8/h7-8,10,13H,3-6H2,1-2H3,(H,14,19)(H,15,18)(H,16,17)/t8-,10-/m0/s1. The van der Waals surface area contributed by atoms with Crippen molar-refractivity contribution < 1.29 is 19.5 Å². The lowest BCUT2D eigenvalue weighted by molar-refractivity contribution is -0.138. The van der Waals surface area contributed by atoms with Crippen molar-refractivity contribution in [1.82, 2.24) is 16.0 Å². The van der Waals surface area contributed by atoms with Crippen LogP contribution in [0.1, 0.15) is 26.7 Å². The van der Waals surface area contributed by atoms with Crippen LogP contribution in [0.5, 0.6) is 0 Å². The van der Waals surface area contributed by atoms with E-state index in [0.29, 0.717) is 0 Å². The summed E-state index contributed by atoms with van der Waals surface area (Å²) < 4.78 is 0. The third-order valence-corrected chi connectivity index (χ3v) is 3.04. The van der Waals surface area contributed by atoms with Gasteiger partial charge in [-0.3, -0.25) is 14.4 Å². The molecule has 0 unspecified atom stereocenters. The van der Waals surface area contributed by atoms with Crippen LogP contribution in [0.3, 0.4) is 0 Å². The molecule has 0 aromatic heterocycles. The van der Waals surface area contributed by atoms with E-state index in [2.05, 4.69) is 16.0 Å². The number of carboxylic acids is 1. The van der Waals surface area contributed by atoms with E-state index in [1.807, 2.05) is 0 Å². The molecule has 0 saturated carbocycles. The maximum atomic E-state index is 11.9. The first-order chi connectivity index (χ1) is 8.91. The van der Waals surface area contributed by atoms with Gasteiger partial charge in [0.25, 0.3) is 0 Å². The SMILES string of the molecule is CC(C)[C@H](NC(=O)[C@@H]1CCCN1)C(=O)NCC(=O)O. The van der Waals surface area contributed by atoms with Gasteiger partial charge in [-0.05, 0) is 25.3 Å². The molecular formula is C12H21N3O4. The Morgan fingerprint density at radius 1 is 1.37 bits per heavy atom. The van der Waals surface area contributed by atoms with Gasteiger partial charge in [0, 0.05) is 0 Å². The Labute approximate surface area is 112 Å². The Balaban J connectivity index is 2.53. The molecule has 1 heterocycles. The predicted molar refractivity (Wildman–Crippen MR) is 68.4 cm³/mol. The number of hydrogen-bond acceptors (Lipinski definition) is 4. The van der Waals surface area contributed by atoms with Gasteiger partial charge in [0.15, 0.2) is 0 Å². The van der Waals surface area contributed by atoms with Gasteiger partial charge in [-0.15, -0.1) is 0 Å². The van der Waals surface area contributed by atoms with Crippen LogP contribution in [0.15, 0.2) is 0 Å². The van der Waals surface area contributed by atoms with Crippen molar-refractivity contribution in [3.63, 3.8) is 0 Å². The number of amides is 2. The summed E-state index contributed by atoms with van der Waals surface area (Å²) in [6.45, 7) is 3.95. The average Bonchev–Trinajstić information content (AvgIpc) is 2.86. The fourth-order valence-corrected chi connectivity index (χ4v) is 1.97. The lowest BCUT2D eigenvalue weighted by Gasteiger charge is -2.23. The smallest absolute Gasteiger partial charge is 0.322 e. The zero-order chi connectivity index (χ0) is 14.4. The van der Waals surface area contributed by atoms with Crippen LogP contribution in [0.4, 0.5) is 0 Å². The highest BCUT2D eigenvalue weighted by atomic mass is 16.4. The summed E-state index contributed by atoms with van der Waals surface area (Å²) in [7, 11) is 0. The summed E-state index contributed by atoms with van der Waals surface area (Å²) >= 11 is 0. The number of rotatable bonds is 6. The largest absolute Gasteiger partial charge is 0.480 e. The third kappa shape index (κ3) is 4.86. The van der Waals surface area contributed by atoms with E-state index in [4.69, 9.17) is 5.11 Å². The summed E-state index contributed by atoms with van der Waals surface area (Å²) in [5, 5.41) is 16.5. The van der Waals surface area contributed by atoms with E-state index in [1.165, 1.54) is 0 Å². The van der Waals surface area contributed by atoms with Crippen molar-refractivity contribution in [3.05, 3.63) is 0 Å². The van der Waals surface area contributed by atoms with Crippen LogP contribution in [-0.2, 0) is 14.4 Å². The highest BCUT2D eigenvalue weighted by Crippen LogP contribution is 2.07. The third-order valence-electron chi connectivity index (χ3n) is 3.04. The lowest BCUT2D eigenvalue weighted by Crippen LogP contribution is -2.54. The molecule has 108 valence electrons. The molecule has 7 heteroatoms. The van der Waals surface area contributed by atoms with E-state index in [-0.39, 0.29) is 17.9 Å². The van der Waals surface area contributed by atoms with Crippen molar-refractivity contribution in [3.8, 4) is 0 Å². The zero-order valence-electron chi connectivity index (χ0n) is 11.2. The van der Waals surface area contributed by atoms with Crippen molar-refractivity contribution in [2.24, 2.45) is 5.92 Å². The molecule has 2 atom stereocenters. The molecule has 0 radical (unpaired) electrons. The van der Waals surface area contributed by atoms with E-state index >= 15 is 0 Å². The summed E-state index contributed by atoms with van der Waals surface area (Å²) in [5.74, 6) is -1.90. The van der Waals surface area contributed by atoms with Gasteiger partial charge in [0.05, 0.1) is 6.04 Å². The van der Waals surface area contributed by atoms with Gasteiger partial charge in [0.1, 0.15) is 12.6 Å². The minimum absolute atomic E-state index is 0.112. The summed E-state index contributed by atoms with van der Waals surface area (Å²) in [4.78, 5) is 34.2. The van der Waals surface area contributed by atoms with E-state index in [0.717, 1.165) is 19.4 Å². The normalized spacial score (nSPS) is 20.1. The molecule has 1 aliphatic rings. The molecule has 0 aliphatic carbocycles. The highest BCUT2D eigenvalue weighted by molar-refractivity contribution is 5.91. The monoisotopic (exact) mass is 271 g/mol. The van der Waals surface area contributed by atoms with Gasteiger partial charge in [0.2, 0.25) is 11.8 Å². The Morgan fingerprint density at radius 3 is 2.53 bits per heavy atom. The fraction of sp³-hybridized carbons (Fsp3) is 0.750. The maximum absolute atomic E-state index is 11.9. The van der Waals surface area contributed by atoms with Crippen molar-refractivity contribution >= 4 is 17.8 Å². The number of nitrogens with one attached hydrogen (secondary N) is 3. The van der Waals surface area contributed by atoms with E-state index in [9.17, 15) is 14.4 Å². The van der Waals surface area contributed by atoms with Crippen molar-refractivity contribution in [2.45, 2.75) is 38.8 Å². The molecule has 4 N–H and O–H groups in total. The summed E-state index contributed by atoms with van der Waals surface area (Å²) in [6.07, 6.45) is 1.70. The molecule has 0 bridgehead atoms. The Kier molecular flexibility index (Phi) is 5.75. The lowest BCUT2D eigenvalue weighted by atomic mass is 10.0. The van der Waals surface area contributed by atoms with Gasteiger partial charge < -0.3 is 21.1 Å². The number of carboxylic acid groups (broad SMARTS) is 1. The Morgan fingerprint density at radius 2 is 2.05 bits per heavy atom. The highest BCUT2D eigenvalue weighted by Gasteiger charge is 2.29. The van der Waals surface area contributed by atoms with Crippen LogP contribution >= 0.6 is 0 Å². The van der Waals surface area contributed by atoms with Crippen LogP contribution in [-0.4, -0.2) is 48.1 Å². The second kappa shape index (κ2) is 7.08. The van der Waals surface area contributed by atoms with Crippen LogP contribution in [0.2, 0.25) is 0 Å². The number of hydrogen-bond donors (Lipinski definition) is 4. The van der Waals surface area contributed by atoms with Gasteiger partial charge in [-0.1, -0.05) is 13.8 Å². The van der Waals surface area contributed by atoms with E-state index in [1.54, 1.807) is 13.8 Å². The first-order valence-electron chi connectivity index (χ1n) is 6.45. The second-order valence-corrected chi connectivity index (χ2v) is 4.99. The molecule has 1 rings (SSSR count). The Bertz CT molecular complexity index is 351. The molecule has 0 aromatic carbocycles. The molecule has 19 heavy (non-hydrogen) atoms. The number of aliphatic carboxylic acids is 1. The zero-order valence-corrected chi connectivity index (χ0v) is 11.2. The number of carbonyl (C=O) groups is 3. The maximum Gasteiger partial charge on any atom is 0.322 e. The predicted octanol–water partition coefficient (Wildman–Crippen LogP) is -0.920. The number of carbonyl (C=O) groups excluding carboxylic acids is 2. The van der Waals surface area contributed by atoms with E-state index < -0.39 is 24.5 Å². The molecular weight excluding hydrogens is 250 g/mol. The topological polar surface area (TPSA) is 108 Å². The first-order valence-corrected chi connectivity index (χ1v) is 6.45. The molecule has 1 aliphatic heterocycles. The van der Waals surface area contributed by atoms with Crippen LogP contribution in [0.25, 0.3) is 0 Å². The van der Waals surface area contributed by atoms with Crippen molar-refractivity contribution in [1.29, 1.82) is 0 Å². The van der Waals surface area contributed by atoms with Gasteiger partial charge >= 0.3 is 5.97 Å².